The molecule has 0 spiro atoms. The molecule has 0 atom stereocenters. The van der Waals surface area contributed by atoms with E-state index in [1.807, 2.05) is 31.2 Å². The Hall–Kier alpha value is -3.41. The maximum absolute atomic E-state index is 12.3. The number of rotatable bonds is 4. The van der Waals surface area contributed by atoms with E-state index in [1.54, 1.807) is 24.3 Å². The smallest absolute Gasteiger partial charge is 0.262 e. The zero-order valence-electron chi connectivity index (χ0n) is 14.2. The topological polar surface area (TPSA) is 82.3 Å². The molecule has 6 nitrogen and oxygen atoms in total. The van der Waals surface area contributed by atoms with E-state index in [0.717, 1.165) is 27.1 Å². The molecule has 2 N–H and O–H groups in total. The molecule has 0 fully saturated rings. The van der Waals surface area contributed by atoms with E-state index in [4.69, 9.17) is 0 Å². The van der Waals surface area contributed by atoms with Crippen LogP contribution in [0.3, 0.4) is 0 Å². The van der Waals surface area contributed by atoms with Crippen LogP contribution in [0.4, 0.5) is 0 Å². The fraction of sp³-hybridized carbons (Fsp3) is 0.150. The summed E-state index contributed by atoms with van der Waals surface area (Å²) >= 11 is 0. The third-order valence-corrected chi connectivity index (χ3v) is 4.49. The van der Waals surface area contributed by atoms with Gasteiger partial charge in [-0.25, -0.2) is 0 Å². The van der Waals surface area contributed by atoms with E-state index in [0.29, 0.717) is 17.7 Å². The van der Waals surface area contributed by atoms with Crippen LogP contribution in [0.15, 0.2) is 48.5 Å². The lowest BCUT2D eigenvalue weighted by molar-refractivity contribution is -0.121. The van der Waals surface area contributed by atoms with E-state index in [1.165, 1.54) is 0 Å². The summed E-state index contributed by atoms with van der Waals surface area (Å²) in [5.74, 6) is -1.22. The first kappa shape index (κ1) is 16.1. The molecule has 6 heteroatoms. The van der Waals surface area contributed by atoms with E-state index in [2.05, 4.69) is 10.3 Å². The van der Waals surface area contributed by atoms with E-state index < -0.39 is 11.8 Å². The van der Waals surface area contributed by atoms with E-state index in [-0.39, 0.29) is 12.5 Å². The second-order valence-corrected chi connectivity index (χ2v) is 6.39. The van der Waals surface area contributed by atoms with Crippen LogP contribution >= 0.6 is 0 Å². The minimum atomic E-state index is -0.426. The van der Waals surface area contributed by atoms with Gasteiger partial charge in [0.2, 0.25) is 5.91 Å². The summed E-state index contributed by atoms with van der Waals surface area (Å²) in [6.45, 7) is 2.05. The van der Waals surface area contributed by atoms with Crippen LogP contribution in [0.5, 0.6) is 0 Å². The molecule has 0 bridgehead atoms. The number of aromatic nitrogens is 1. The quantitative estimate of drug-likeness (QED) is 0.711. The van der Waals surface area contributed by atoms with Crippen molar-refractivity contribution in [2.24, 2.45) is 0 Å². The molecular weight excluding hydrogens is 330 g/mol. The van der Waals surface area contributed by atoms with Crippen molar-refractivity contribution in [1.82, 2.24) is 15.2 Å². The molecular formula is C20H17N3O3. The van der Waals surface area contributed by atoms with Crippen molar-refractivity contribution in [2.45, 2.75) is 13.5 Å². The molecule has 26 heavy (non-hydrogen) atoms. The SMILES string of the molecule is Cc1cc2cc(CNC(=O)CN3C(=O)c4ccccc4C3=O)ccc2[nH]1. The lowest BCUT2D eigenvalue weighted by atomic mass is 10.1. The third-order valence-electron chi connectivity index (χ3n) is 4.49. The lowest BCUT2D eigenvalue weighted by Crippen LogP contribution is -2.40. The first-order valence-electron chi connectivity index (χ1n) is 8.33. The number of hydrogen-bond acceptors (Lipinski definition) is 3. The molecule has 0 saturated carbocycles. The summed E-state index contributed by atoms with van der Waals surface area (Å²) in [5.41, 5.74) is 3.76. The van der Waals surface area contributed by atoms with Crippen LogP contribution in [0.25, 0.3) is 10.9 Å². The average Bonchev–Trinajstić information content (AvgIpc) is 3.12. The van der Waals surface area contributed by atoms with Crippen molar-refractivity contribution in [1.29, 1.82) is 0 Å². The Morgan fingerprint density at radius 2 is 1.73 bits per heavy atom. The van der Waals surface area contributed by atoms with E-state index in [9.17, 15) is 14.4 Å². The first-order chi connectivity index (χ1) is 12.5. The van der Waals surface area contributed by atoms with Crippen LogP contribution < -0.4 is 5.32 Å². The number of H-pyrrole nitrogens is 1. The molecule has 1 aliphatic heterocycles. The molecule has 130 valence electrons. The minimum absolute atomic E-state index is 0.280. The third kappa shape index (κ3) is 2.75. The first-order valence-corrected chi connectivity index (χ1v) is 8.33. The molecule has 2 aromatic carbocycles. The number of hydrogen-bond donors (Lipinski definition) is 2. The maximum atomic E-state index is 12.3. The number of imide groups is 1. The number of carbonyl (C=O) groups excluding carboxylic acids is 3. The Kier molecular flexibility index (Phi) is 3.80. The van der Waals surface area contributed by atoms with Crippen LogP contribution in [0, 0.1) is 6.92 Å². The zero-order chi connectivity index (χ0) is 18.3. The van der Waals surface area contributed by atoms with Gasteiger partial charge in [-0.15, -0.1) is 0 Å². The van der Waals surface area contributed by atoms with Crippen LogP contribution in [0.2, 0.25) is 0 Å². The van der Waals surface area contributed by atoms with Crippen molar-refractivity contribution in [3.05, 3.63) is 70.9 Å². The second kappa shape index (κ2) is 6.15. The Bertz CT molecular complexity index is 1020. The van der Waals surface area contributed by atoms with Crippen LogP contribution in [0.1, 0.15) is 32.0 Å². The monoisotopic (exact) mass is 347 g/mol. The van der Waals surface area contributed by atoms with Crippen molar-refractivity contribution in [2.75, 3.05) is 6.54 Å². The number of aryl methyl sites for hydroxylation is 1. The number of nitrogens with one attached hydrogen (secondary N) is 2. The van der Waals surface area contributed by atoms with Gasteiger partial charge in [-0.3, -0.25) is 19.3 Å². The van der Waals surface area contributed by atoms with Gasteiger partial charge in [0.25, 0.3) is 11.8 Å². The van der Waals surface area contributed by atoms with Gasteiger partial charge in [-0.2, -0.15) is 0 Å². The molecule has 3 aromatic rings. The number of benzene rings is 2. The highest BCUT2D eigenvalue weighted by Gasteiger charge is 2.36. The summed E-state index contributed by atoms with van der Waals surface area (Å²) in [6.07, 6.45) is 0. The molecule has 0 saturated heterocycles. The molecule has 4 rings (SSSR count). The Morgan fingerprint density at radius 3 is 2.42 bits per heavy atom. The standard InChI is InChI=1S/C20H17N3O3/c1-12-8-14-9-13(6-7-17(14)22-12)10-21-18(24)11-23-19(25)15-4-2-3-5-16(15)20(23)26/h2-9,22H,10-11H2,1H3,(H,21,24). The van der Waals surface area contributed by atoms with E-state index >= 15 is 0 Å². The van der Waals surface area contributed by atoms with Gasteiger partial charge >= 0.3 is 0 Å². The number of nitrogens with zero attached hydrogens (tertiary/aromatic N) is 1. The maximum Gasteiger partial charge on any atom is 0.262 e. The number of aromatic amines is 1. The molecule has 1 aliphatic rings. The summed E-state index contributed by atoms with van der Waals surface area (Å²) < 4.78 is 0. The number of amides is 3. The number of carbonyl (C=O) groups is 3. The van der Waals surface area contributed by atoms with Crippen LogP contribution in [-0.4, -0.2) is 34.2 Å². The minimum Gasteiger partial charge on any atom is -0.359 e. The largest absolute Gasteiger partial charge is 0.359 e. The van der Waals surface area contributed by atoms with Gasteiger partial charge < -0.3 is 10.3 Å². The van der Waals surface area contributed by atoms with Crippen molar-refractivity contribution < 1.29 is 14.4 Å². The second-order valence-electron chi connectivity index (χ2n) is 6.39. The van der Waals surface area contributed by atoms with Gasteiger partial charge in [-0.05, 0) is 48.2 Å². The van der Waals surface area contributed by atoms with Gasteiger partial charge in [0.05, 0.1) is 11.1 Å². The summed E-state index contributed by atoms with van der Waals surface area (Å²) in [5, 5.41) is 3.85. The highest BCUT2D eigenvalue weighted by Crippen LogP contribution is 2.22. The molecule has 3 amide bonds. The average molecular weight is 347 g/mol. The fourth-order valence-electron chi connectivity index (χ4n) is 3.22. The van der Waals surface area contributed by atoms with Crippen molar-refractivity contribution in [3.63, 3.8) is 0 Å². The van der Waals surface area contributed by atoms with Crippen LogP contribution in [-0.2, 0) is 11.3 Å². The number of fused-ring (bicyclic) bond motifs is 2. The van der Waals surface area contributed by atoms with Gasteiger partial charge in [-0.1, -0.05) is 18.2 Å². The lowest BCUT2D eigenvalue weighted by Gasteiger charge is -2.13. The normalized spacial score (nSPS) is 13.3. The molecule has 0 unspecified atom stereocenters. The summed E-state index contributed by atoms with van der Waals surface area (Å²) in [4.78, 5) is 41.0. The summed E-state index contributed by atoms with van der Waals surface area (Å²) in [7, 11) is 0. The predicted octanol–water partition coefficient (Wildman–Crippen LogP) is 2.39. The van der Waals surface area contributed by atoms with Crippen molar-refractivity contribution >= 4 is 28.6 Å². The Morgan fingerprint density at radius 1 is 1.04 bits per heavy atom. The van der Waals surface area contributed by atoms with Gasteiger partial charge in [0.15, 0.2) is 0 Å². The molecule has 0 aliphatic carbocycles. The zero-order valence-corrected chi connectivity index (χ0v) is 14.2. The molecule has 2 heterocycles. The molecule has 0 radical (unpaired) electrons. The van der Waals surface area contributed by atoms with Gasteiger partial charge in [0, 0.05) is 17.8 Å². The molecule has 1 aromatic heterocycles. The Balaban J connectivity index is 1.41. The van der Waals surface area contributed by atoms with Gasteiger partial charge in [0.1, 0.15) is 6.54 Å². The van der Waals surface area contributed by atoms with Crippen molar-refractivity contribution in [3.8, 4) is 0 Å². The highest BCUT2D eigenvalue weighted by atomic mass is 16.2. The summed E-state index contributed by atoms with van der Waals surface area (Å²) in [6, 6.07) is 14.5. The highest BCUT2D eigenvalue weighted by molar-refractivity contribution is 6.22. The fourth-order valence-corrected chi connectivity index (χ4v) is 3.22. The predicted molar refractivity (Wildman–Crippen MR) is 96.7 cm³/mol. The Labute approximate surface area is 149 Å².